The van der Waals surface area contributed by atoms with Crippen LogP contribution in [0.4, 0.5) is 4.39 Å². The number of methoxy groups -OCH3 is 1. The standard InChI is InChI=1S/C26H29FO2/c1-26-12-11-22-21-10-8-20(29-2)14-17(21)5-9-23(22)24(26)15-18(25(26)28)13-16-3-6-19(27)7-4-16/h3-4,6-8,10,13-14,22-25,28H,5,9,11-12,15H2,1-2H3/b18-13+/t22-,23-,24-,25-,26+/m0/s1. The van der Waals surface area contributed by atoms with E-state index in [1.54, 1.807) is 19.2 Å². The number of aryl methyl sites for hydroxylation is 1. The van der Waals surface area contributed by atoms with Crippen molar-refractivity contribution in [2.45, 2.75) is 51.0 Å². The number of hydrogen-bond donors (Lipinski definition) is 1. The van der Waals surface area contributed by atoms with Gasteiger partial charge in [-0.2, -0.15) is 0 Å². The zero-order valence-electron chi connectivity index (χ0n) is 17.2. The number of ether oxygens (including phenoxy) is 1. The predicted octanol–water partition coefficient (Wildman–Crippen LogP) is 5.74. The average molecular weight is 393 g/mol. The lowest BCUT2D eigenvalue weighted by Gasteiger charge is -2.49. The fourth-order valence-electron chi connectivity index (χ4n) is 6.46. The Morgan fingerprint density at radius 2 is 1.93 bits per heavy atom. The Hall–Kier alpha value is -2.13. The molecule has 152 valence electrons. The number of rotatable bonds is 2. The van der Waals surface area contributed by atoms with Crippen molar-refractivity contribution >= 4 is 6.08 Å². The molecule has 2 saturated carbocycles. The molecule has 0 radical (unpaired) electrons. The smallest absolute Gasteiger partial charge is 0.123 e. The number of aliphatic hydroxyl groups excluding tert-OH is 1. The zero-order valence-corrected chi connectivity index (χ0v) is 17.2. The number of aliphatic hydroxyl groups is 1. The van der Waals surface area contributed by atoms with Crippen LogP contribution in [-0.2, 0) is 6.42 Å². The molecule has 3 heteroatoms. The quantitative estimate of drug-likeness (QED) is 0.706. The highest BCUT2D eigenvalue weighted by atomic mass is 19.1. The zero-order chi connectivity index (χ0) is 20.2. The SMILES string of the molecule is COc1ccc2c(c1)CC[C@H]1[C@H]2CC[C@@]2(C)[C@@H](O)/C(=C/c3ccc(F)cc3)C[C@@H]12. The van der Waals surface area contributed by atoms with E-state index in [-0.39, 0.29) is 11.2 Å². The maximum Gasteiger partial charge on any atom is 0.123 e. The summed E-state index contributed by atoms with van der Waals surface area (Å²) in [6, 6.07) is 13.2. The Kier molecular flexibility index (Phi) is 4.54. The summed E-state index contributed by atoms with van der Waals surface area (Å²) in [7, 11) is 1.73. The Morgan fingerprint density at radius 1 is 1.14 bits per heavy atom. The van der Waals surface area contributed by atoms with Crippen LogP contribution in [0.1, 0.15) is 55.2 Å². The van der Waals surface area contributed by atoms with Crippen molar-refractivity contribution in [1.82, 2.24) is 0 Å². The molecule has 5 atom stereocenters. The van der Waals surface area contributed by atoms with Crippen molar-refractivity contribution in [2.24, 2.45) is 17.3 Å². The topological polar surface area (TPSA) is 29.5 Å². The van der Waals surface area contributed by atoms with Crippen molar-refractivity contribution in [3.63, 3.8) is 0 Å². The van der Waals surface area contributed by atoms with Gasteiger partial charge in [0.2, 0.25) is 0 Å². The van der Waals surface area contributed by atoms with E-state index in [2.05, 4.69) is 31.2 Å². The van der Waals surface area contributed by atoms with Crippen LogP contribution in [0.5, 0.6) is 5.75 Å². The molecule has 0 bridgehead atoms. The second kappa shape index (κ2) is 6.98. The van der Waals surface area contributed by atoms with Crippen LogP contribution in [0.25, 0.3) is 6.08 Å². The first-order valence-electron chi connectivity index (χ1n) is 10.8. The van der Waals surface area contributed by atoms with E-state index >= 15 is 0 Å². The van der Waals surface area contributed by atoms with Crippen LogP contribution in [0.3, 0.4) is 0 Å². The lowest BCUT2D eigenvalue weighted by atomic mass is 9.55. The van der Waals surface area contributed by atoms with E-state index in [0.717, 1.165) is 42.6 Å². The number of fused-ring (bicyclic) bond motifs is 5. The van der Waals surface area contributed by atoms with Gasteiger partial charge in [0.1, 0.15) is 11.6 Å². The predicted molar refractivity (Wildman–Crippen MR) is 113 cm³/mol. The van der Waals surface area contributed by atoms with E-state index in [9.17, 15) is 9.50 Å². The van der Waals surface area contributed by atoms with Crippen molar-refractivity contribution in [3.8, 4) is 5.75 Å². The molecule has 29 heavy (non-hydrogen) atoms. The molecule has 2 nitrogen and oxygen atoms in total. The summed E-state index contributed by atoms with van der Waals surface area (Å²) in [4.78, 5) is 0. The van der Waals surface area contributed by atoms with Crippen LogP contribution in [0.15, 0.2) is 48.0 Å². The fourth-order valence-corrected chi connectivity index (χ4v) is 6.46. The third kappa shape index (κ3) is 3.02. The third-order valence-electron chi connectivity index (χ3n) is 8.02. The highest BCUT2D eigenvalue weighted by molar-refractivity contribution is 5.55. The first-order chi connectivity index (χ1) is 14.0. The summed E-state index contributed by atoms with van der Waals surface area (Å²) in [6.45, 7) is 2.29. The highest BCUT2D eigenvalue weighted by Gasteiger charge is 2.56. The molecular weight excluding hydrogens is 363 g/mol. The van der Waals surface area contributed by atoms with E-state index in [1.165, 1.54) is 29.7 Å². The molecule has 0 amide bonds. The maximum absolute atomic E-state index is 13.3. The molecule has 0 aliphatic heterocycles. The maximum atomic E-state index is 13.3. The first kappa shape index (κ1) is 18.9. The third-order valence-corrected chi connectivity index (χ3v) is 8.02. The van der Waals surface area contributed by atoms with Gasteiger partial charge in [0.25, 0.3) is 0 Å². The Morgan fingerprint density at radius 3 is 2.69 bits per heavy atom. The number of benzene rings is 2. The molecule has 0 heterocycles. The van der Waals surface area contributed by atoms with Gasteiger partial charge in [-0.1, -0.05) is 31.2 Å². The molecule has 0 aromatic heterocycles. The van der Waals surface area contributed by atoms with Crippen molar-refractivity contribution < 1.29 is 14.2 Å². The second-order valence-corrected chi connectivity index (χ2v) is 9.40. The molecule has 0 saturated heterocycles. The minimum atomic E-state index is -0.407. The molecular formula is C26H29FO2. The number of hydrogen-bond acceptors (Lipinski definition) is 2. The molecule has 5 rings (SSSR count). The number of halogens is 1. The van der Waals surface area contributed by atoms with Gasteiger partial charge in [-0.3, -0.25) is 0 Å². The van der Waals surface area contributed by atoms with Crippen LogP contribution in [-0.4, -0.2) is 18.3 Å². The van der Waals surface area contributed by atoms with E-state index in [4.69, 9.17) is 4.74 Å². The monoisotopic (exact) mass is 392 g/mol. The van der Waals surface area contributed by atoms with Gasteiger partial charge < -0.3 is 9.84 Å². The molecule has 3 aliphatic carbocycles. The van der Waals surface area contributed by atoms with Gasteiger partial charge in [-0.25, -0.2) is 4.39 Å². The summed E-state index contributed by atoms with van der Waals surface area (Å²) >= 11 is 0. The molecule has 2 aromatic carbocycles. The van der Waals surface area contributed by atoms with E-state index < -0.39 is 6.10 Å². The van der Waals surface area contributed by atoms with Crippen molar-refractivity contribution in [1.29, 1.82) is 0 Å². The normalized spacial score (nSPS) is 34.4. The van der Waals surface area contributed by atoms with E-state index in [1.807, 2.05) is 0 Å². The summed E-state index contributed by atoms with van der Waals surface area (Å²) in [5.41, 5.74) is 4.96. The Labute approximate surface area is 172 Å². The molecule has 2 aromatic rings. The minimum Gasteiger partial charge on any atom is -0.497 e. The molecule has 0 unspecified atom stereocenters. The average Bonchev–Trinajstić information content (AvgIpc) is 2.99. The summed E-state index contributed by atoms with van der Waals surface area (Å²) < 4.78 is 18.7. The van der Waals surface area contributed by atoms with Crippen molar-refractivity contribution in [2.75, 3.05) is 7.11 Å². The lowest BCUT2D eigenvalue weighted by Crippen LogP contribution is -2.44. The van der Waals surface area contributed by atoms with Crippen LogP contribution in [0.2, 0.25) is 0 Å². The largest absolute Gasteiger partial charge is 0.497 e. The van der Waals surface area contributed by atoms with Gasteiger partial charge in [0.05, 0.1) is 13.2 Å². The molecule has 0 spiro atoms. The lowest BCUT2D eigenvalue weighted by molar-refractivity contribution is -0.0158. The summed E-state index contributed by atoms with van der Waals surface area (Å²) in [5, 5.41) is 11.3. The summed E-state index contributed by atoms with van der Waals surface area (Å²) in [6.07, 6.45) is 7.08. The minimum absolute atomic E-state index is 0.0585. The summed E-state index contributed by atoms with van der Waals surface area (Å²) in [5.74, 6) is 2.42. The Balaban J connectivity index is 1.46. The molecule has 1 N–H and O–H groups in total. The second-order valence-electron chi connectivity index (χ2n) is 9.40. The van der Waals surface area contributed by atoms with Crippen LogP contribution >= 0.6 is 0 Å². The van der Waals surface area contributed by atoms with Gasteiger partial charge in [-0.05, 0) is 96.4 Å². The van der Waals surface area contributed by atoms with Gasteiger partial charge in [0.15, 0.2) is 0 Å². The molecule has 3 aliphatic rings. The van der Waals surface area contributed by atoms with E-state index in [0.29, 0.717) is 17.8 Å². The van der Waals surface area contributed by atoms with Crippen molar-refractivity contribution in [3.05, 3.63) is 70.5 Å². The van der Waals surface area contributed by atoms with Gasteiger partial charge >= 0.3 is 0 Å². The fraction of sp³-hybridized carbons (Fsp3) is 0.462. The van der Waals surface area contributed by atoms with Crippen LogP contribution < -0.4 is 4.74 Å². The van der Waals surface area contributed by atoms with Crippen LogP contribution in [0, 0.1) is 23.1 Å². The molecule has 2 fully saturated rings. The first-order valence-corrected chi connectivity index (χ1v) is 10.8. The van der Waals surface area contributed by atoms with Gasteiger partial charge in [0, 0.05) is 5.41 Å². The van der Waals surface area contributed by atoms with Gasteiger partial charge in [-0.15, -0.1) is 0 Å². The highest BCUT2D eigenvalue weighted by Crippen LogP contribution is 2.62. The Bertz CT molecular complexity index is 948.